The van der Waals surface area contributed by atoms with Gasteiger partial charge in [-0.2, -0.15) is 0 Å². The lowest BCUT2D eigenvalue weighted by atomic mass is 10.0. The fourth-order valence-electron chi connectivity index (χ4n) is 2.23. The number of aryl methyl sites for hydroxylation is 1. The summed E-state index contributed by atoms with van der Waals surface area (Å²) >= 11 is 3.63. The number of hydrogen-bond acceptors (Lipinski definition) is 3. The summed E-state index contributed by atoms with van der Waals surface area (Å²) < 4.78 is 8.46. The molecule has 0 aliphatic rings. The average molecular weight is 338 g/mol. The van der Waals surface area contributed by atoms with E-state index >= 15 is 0 Å². The molecule has 0 spiro atoms. The number of likely N-dealkylation sites (N-methyl/N-ethyl adjacent to an activating group) is 1. The Morgan fingerprint density at radius 3 is 2.85 bits per heavy atom. The van der Waals surface area contributed by atoms with Gasteiger partial charge in [-0.05, 0) is 30.3 Å². The molecule has 4 nitrogen and oxygen atoms in total. The Labute approximate surface area is 128 Å². The zero-order chi connectivity index (χ0) is 14.5. The summed E-state index contributed by atoms with van der Waals surface area (Å²) in [6.07, 6.45) is 4.64. The van der Waals surface area contributed by atoms with Crippen molar-refractivity contribution in [1.82, 2.24) is 14.9 Å². The smallest absolute Gasteiger partial charge is 0.119 e. The van der Waals surface area contributed by atoms with Crippen molar-refractivity contribution < 1.29 is 4.74 Å². The topological polar surface area (TPSA) is 39.1 Å². The Balaban J connectivity index is 2.30. The number of nitrogens with one attached hydrogen (secondary N) is 1. The van der Waals surface area contributed by atoms with E-state index in [2.05, 4.69) is 43.8 Å². The molecule has 1 heterocycles. The minimum Gasteiger partial charge on any atom is -0.497 e. The Bertz CT molecular complexity index is 568. The van der Waals surface area contributed by atoms with Crippen molar-refractivity contribution in [1.29, 1.82) is 0 Å². The van der Waals surface area contributed by atoms with Gasteiger partial charge in [-0.25, -0.2) is 4.98 Å². The maximum absolute atomic E-state index is 5.33. The molecular formula is C15H20BrN3O. The second-order valence-electron chi connectivity index (χ2n) is 4.66. The third-order valence-electron chi connectivity index (χ3n) is 3.34. The lowest BCUT2D eigenvalue weighted by Crippen LogP contribution is -2.24. The van der Waals surface area contributed by atoms with Gasteiger partial charge in [0.25, 0.3) is 0 Å². The molecule has 1 aromatic heterocycles. The third-order valence-corrected chi connectivity index (χ3v) is 4.06. The monoisotopic (exact) mass is 337 g/mol. The summed E-state index contributed by atoms with van der Waals surface area (Å²) in [4.78, 5) is 4.41. The summed E-state index contributed by atoms with van der Waals surface area (Å²) in [5.41, 5.74) is 1.19. The van der Waals surface area contributed by atoms with Crippen molar-refractivity contribution in [2.45, 2.75) is 19.4 Å². The molecule has 1 N–H and O–H groups in total. The highest BCUT2D eigenvalue weighted by Gasteiger charge is 2.17. The number of halogens is 1. The molecule has 0 aliphatic carbocycles. The average Bonchev–Trinajstić information content (AvgIpc) is 2.84. The zero-order valence-electron chi connectivity index (χ0n) is 12.1. The molecule has 108 valence electrons. The molecule has 1 aromatic carbocycles. The highest BCUT2D eigenvalue weighted by molar-refractivity contribution is 9.10. The molecule has 0 aliphatic heterocycles. The normalized spacial score (nSPS) is 12.4. The molecule has 0 radical (unpaired) electrons. The molecule has 2 rings (SSSR count). The molecule has 0 fully saturated rings. The van der Waals surface area contributed by atoms with Crippen LogP contribution < -0.4 is 10.1 Å². The van der Waals surface area contributed by atoms with Crippen LogP contribution in [-0.4, -0.2) is 23.2 Å². The largest absolute Gasteiger partial charge is 0.497 e. The van der Waals surface area contributed by atoms with Gasteiger partial charge < -0.3 is 14.6 Å². The van der Waals surface area contributed by atoms with Gasteiger partial charge in [0.05, 0.1) is 7.11 Å². The Morgan fingerprint density at radius 2 is 2.25 bits per heavy atom. The predicted octanol–water partition coefficient (Wildman–Crippen LogP) is 3.08. The predicted molar refractivity (Wildman–Crippen MR) is 84.0 cm³/mol. The van der Waals surface area contributed by atoms with Gasteiger partial charge >= 0.3 is 0 Å². The van der Waals surface area contributed by atoms with Crippen LogP contribution in [-0.2, 0) is 13.5 Å². The lowest BCUT2D eigenvalue weighted by Gasteiger charge is -2.20. The summed E-state index contributed by atoms with van der Waals surface area (Å²) in [7, 11) is 3.71. The van der Waals surface area contributed by atoms with Gasteiger partial charge in [0.2, 0.25) is 0 Å². The highest BCUT2D eigenvalue weighted by Crippen LogP contribution is 2.29. The summed E-state index contributed by atoms with van der Waals surface area (Å²) in [6, 6.07) is 6.25. The van der Waals surface area contributed by atoms with E-state index in [-0.39, 0.29) is 6.04 Å². The number of imidazole rings is 1. The van der Waals surface area contributed by atoms with Crippen LogP contribution in [0, 0.1) is 0 Å². The van der Waals surface area contributed by atoms with Gasteiger partial charge in [0, 0.05) is 36.4 Å². The van der Waals surface area contributed by atoms with E-state index in [4.69, 9.17) is 4.74 Å². The van der Waals surface area contributed by atoms with Crippen molar-refractivity contribution in [3.05, 3.63) is 46.5 Å². The van der Waals surface area contributed by atoms with E-state index in [0.717, 1.165) is 29.0 Å². The van der Waals surface area contributed by atoms with Crippen molar-refractivity contribution in [3.8, 4) is 5.75 Å². The Kier molecular flexibility index (Phi) is 5.20. The van der Waals surface area contributed by atoms with Crippen LogP contribution in [0.4, 0.5) is 0 Å². The van der Waals surface area contributed by atoms with Crippen LogP contribution in [0.2, 0.25) is 0 Å². The first kappa shape index (κ1) is 15.1. The van der Waals surface area contributed by atoms with Crippen LogP contribution in [0.3, 0.4) is 0 Å². The minimum absolute atomic E-state index is 0.200. The van der Waals surface area contributed by atoms with E-state index < -0.39 is 0 Å². The van der Waals surface area contributed by atoms with Crippen molar-refractivity contribution in [2.24, 2.45) is 7.05 Å². The van der Waals surface area contributed by atoms with Gasteiger partial charge in [-0.1, -0.05) is 22.9 Å². The highest BCUT2D eigenvalue weighted by atomic mass is 79.9. The molecule has 1 unspecified atom stereocenters. The number of nitrogens with zero attached hydrogens (tertiary/aromatic N) is 2. The van der Waals surface area contributed by atoms with Crippen LogP contribution in [0.1, 0.15) is 24.4 Å². The second kappa shape index (κ2) is 6.90. The van der Waals surface area contributed by atoms with Gasteiger partial charge in [-0.15, -0.1) is 0 Å². The maximum atomic E-state index is 5.33. The van der Waals surface area contributed by atoms with Gasteiger partial charge in [0.1, 0.15) is 11.6 Å². The van der Waals surface area contributed by atoms with E-state index in [9.17, 15) is 0 Å². The summed E-state index contributed by atoms with van der Waals surface area (Å²) in [5, 5.41) is 3.52. The van der Waals surface area contributed by atoms with Gasteiger partial charge in [0.15, 0.2) is 0 Å². The first-order valence-corrected chi connectivity index (χ1v) is 7.48. The molecular weight excluding hydrogens is 318 g/mol. The molecule has 5 heteroatoms. The number of hydrogen-bond donors (Lipinski definition) is 1. The Hall–Kier alpha value is -1.33. The van der Waals surface area contributed by atoms with Crippen LogP contribution in [0.15, 0.2) is 35.1 Å². The molecule has 2 aromatic rings. The second-order valence-corrected chi connectivity index (χ2v) is 5.51. The van der Waals surface area contributed by atoms with E-state index in [1.165, 1.54) is 5.56 Å². The molecule has 0 saturated carbocycles. The Morgan fingerprint density at radius 1 is 1.45 bits per heavy atom. The SMILES string of the molecule is CCNC(Cc1nccn1C)c1cc(OC)ccc1Br. The first-order chi connectivity index (χ1) is 9.65. The molecule has 0 amide bonds. The first-order valence-electron chi connectivity index (χ1n) is 6.68. The van der Waals surface area contributed by atoms with Crippen LogP contribution in [0.5, 0.6) is 5.75 Å². The van der Waals surface area contributed by atoms with Crippen molar-refractivity contribution in [2.75, 3.05) is 13.7 Å². The lowest BCUT2D eigenvalue weighted by molar-refractivity contribution is 0.412. The molecule has 0 bridgehead atoms. The number of ether oxygens (including phenoxy) is 1. The maximum Gasteiger partial charge on any atom is 0.119 e. The number of methoxy groups -OCH3 is 1. The third kappa shape index (κ3) is 3.41. The fraction of sp³-hybridized carbons (Fsp3) is 0.400. The van der Waals surface area contributed by atoms with E-state index in [1.807, 2.05) is 31.6 Å². The molecule has 20 heavy (non-hydrogen) atoms. The van der Waals surface area contributed by atoms with Crippen LogP contribution >= 0.6 is 15.9 Å². The molecule has 0 saturated heterocycles. The minimum atomic E-state index is 0.200. The summed E-state index contributed by atoms with van der Waals surface area (Å²) in [6.45, 7) is 3.01. The van der Waals surface area contributed by atoms with Crippen LogP contribution in [0.25, 0.3) is 0 Å². The van der Waals surface area contributed by atoms with Crippen molar-refractivity contribution >= 4 is 15.9 Å². The fourth-order valence-corrected chi connectivity index (χ4v) is 2.75. The number of aromatic nitrogens is 2. The quantitative estimate of drug-likeness (QED) is 0.880. The molecule has 1 atom stereocenters. The van der Waals surface area contributed by atoms with E-state index in [0.29, 0.717) is 0 Å². The zero-order valence-corrected chi connectivity index (χ0v) is 13.6. The summed E-state index contributed by atoms with van der Waals surface area (Å²) in [5.74, 6) is 1.93. The standard InChI is InChI=1S/C15H20BrN3O/c1-4-17-14(10-15-18-7-8-19(15)2)12-9-11(20-3)5-6-13(12)16/h5-9,14,17H,4,10H2,1-3H3. The van der Waals surface area contributed by atoms with E-state index in [1.54, 1.807) is 7.11 Å². The number of benzene rings is 1. The number of rotatable bonds is 6. The van der Waals surface area contributed by atoms with Crippen molar-refractivity contribution in [3.63, 3.8) is 0 Å². The van der Waals surface area contributed by atoms with Gasteiger partial charge in [-0.3, -0.25) is 0 Å².